The third-order valence-corrected chi connectivity index (χ3v) is 3.93. The highest BCUT2D eigenvalue weighted by molar-refractivity contribution is 5.85. The second kappa shape index (κ2) is 10.9. The summed E-state index contributed by atoms with van der Waals surface area (Å²) in [5.41, 5.74) is 10.3. The molecule has 0 saturated carbocycles. The third-order valence-electron chi connectivity index (χ3n) is 3.93. The van der Waals surface area contributed by atoms with E-state index in [4.69, 9.17) is 10.5 Å². The molecule has 130 valence electrons. The van der Waals surface area contributed by atoms with Crippen LogP contribution in [-0.2, 0) is 17.6 Å². The van der Waals surface area contributed by atoms with Gasteiger partial charge in [-0.15, -0.1) is 0 Å². The Kier molecular flexibility index (Phi) is 9.18. The van der Waals surface area contributed by atoms with Crippen molar-refractivity contribution in [3.05, 3.63) is 23.3 Å². The maximum absolute atomic E-state index is 11.9. The predicted molar refractivity (Wildman–Crippen MR) is 98.0 cm³/mol. The summed E-state index contributed by atoms with van der Waals surface area (Å²) < 4.78 is 5.18. The molecule has 0 aliphatic heterocycles. The van der Waals surface area contributed by atoms with Gasteiger partial charge in [-0.25, -0.2) is 4.79 Å². The molecule has 4 nitrogen and oxygen atoms in total. The minimum absolute atomic E-state index is 0.383. The number of carbonyl (C=O) groups is 1. The number of unbranched alkanes of at least 4 members (excludes halogenated alkanes) is 3. The smallest absolute Gasteiger partial charge is 0.411 e. The summed E-state index contributed by atoms with van der Waals surface area (Å²) in [4.78, 5) is 11.9. The lowest BCUT2D eigenvalue weighted by atomic mass is 9.98. The molecule has 0 aliphatic carbocycles. The number of nitrogens with two attached hydrogens (primary N) is 1. The van der Waals surface area contributed by atoms with Crippen LogP contribution < -0.4 is 11.1 Å². The highest BCUT2D eigenvalue weighted by Crippen LogP contribution is 2.26. The first-order valence-corrected chi connectivity index (χ1v) is 8.97. The molecule has 1 amide bonds. The third kappa shape index (κ3) is 6.93. The molecule has 0 aromatic heterocycles. The topological polar surface area (TPSA) is 64.3 Å². The van der Waals surface area contributed by atoms with Crippen LogP contribution in [0.15, 0.2) is 12.1 Å². The van der Waals surface area contributed by atoms with E-state index < -0.39 is 0 Å². The number of nitrogens with one attached hydrogen (secondary N) is 1. The molecule has 23 heavy (non-hydrogen) atoms. The van der Waals surface area contributed by atoms with Crippen LogP contribution in [0.25, 0.3) is 0 Å². The van der Waals surface area contributed by atoms with E-state index in [0.29, 0.717) is 6.61 Å². The lowest BCUT2D eigenvalue weighted by molar-refractivity contribution is 0.160. The number of hydrogen-bond donors (Lipinski definition) is 2. The van der Waals surface area contributed by atoms with E-state index >= 15 is 0 Å². The van der Waals surface area contributed by atoms with Crippen molar-refractivity contribution in [1.29, 1.82) is 0 Å². The number of anilines is 2. The fraction of sp³-hybridized carbons (Fsp3) is 0.632. The number of ether oxygens (including phenoxy) is 1. The zero-order valence-electron chi connectivity index (χ0n) is 14.9. The van der Waals surface area contributed by atoms with Crippen LogP contribution in [0.5, 0.6) is 0 Å². The Hall–Kier alpha value is -1.71. The Labute approximate surface area is 140 Å². The summed E-state index contributed by atoms with van der Waals surface area (Å²) in [6.07, 6.45) is 7.86. The molecule has 3 N–H and O–H groups in total. The largest absolute Gasteiger partial charge is 0.449 e. The van der Waals surface area contributed by atoms with Crippen LogP contribution in [0.4, 0.5) is 16.2 Å². The van der Waals surface area contributed by atoms with Crippen LogP contribution >= 0.6 is 0 Å². The molecule has 0 fully saturated rings. The lowest BCUT2D eigenvalue weighted by Gasteiger charge is -2.15. The number of carbonyl (C=O) groups excluding carboxylic acids is 1. The number of hydrogen-bond acceptors (Lipinski definition) is 3. The molecule has 1 aromatic rings. The van der Waals surface area contributed by atoms with Gasteiger partial charge in [-0.2, -0.15) is 0 Å². The van der Waals surface area contributed by atoms with Gasteiger partial charge in [0.25, 0.3) is 0 Å². The van der Waals surface area contributed by atoms with E-state index in [1.54, 1.807) is 0 Å². The van der Waals surface area contributed by atoms with Gasteiger partial charge in [-0.1, -0.05) is 40.0 Å². The van der Waals surface area contributed by atoms with E-state index in [1.807, 2.05) is 12.1 Å². The summed E-state index contributed by atoms with van der Waals surface area (Å²) in [6, 6.07) is 3.98. The minimum Gasteiger partial charge on any atom is -0.449 e. The first-order valence-electron chi connectivity index (χ1n) is 8.97. The lowest BCUT2D eigenvalue weighted by Crippen LogP contribution is -2.15. The average Bonchev–Trinajstić information content (AvgIpc) is 2.54. The number of nitrogen functional groups attached to an aromatic ring is 1. The summed E-state index contributed by atoms with van der Waals surface area (Å²) >= 11 is 0. The fourth-order valence-electron chi connectivity index (χ4n) is 2.46. The van der Waals surface area contributed by atoms with Gasteiger partial charge < -0.3 is 10.5 Å². The second-order valence-corrected chi connectivity index (χ2v) is 6.03. The number of benzene rings is 1. The molecule has 0 saturated heterocycles. The Bertz CT molecular complexity index is 457. The van der Waals surface area contributed by atoms with Crippen molar-refractivity contribution < 1.29 is 9.53 Å². The Morgan fingerprint density at radius 1 is 1.00 bits per heavy atom. The number of rotatable bonds is 10. The first-order chi connectivity index (χ1) is 11.1. The molecular weight excluding hydrogens is 288 g/mol. The summed E-state index contributed by atoms with van der Waals surface area (Å²) in [5, 5.41) is 2.84. The molecule has 0 heterocycles. The molecule has 0 aliphatic rings. The van der Waals surface area contributed by atoms with Crippen molar-refractivity contribution in [1.82, 2.24) is 0 Å². The van der Waals surface area contributed by atoms with Gasteiger partial charge in [0, 0.05) is 11.4 Å². The minimum atomic E-state index is -0.383. The average molecular weight is 320 g/mol. The molecule has 1 rings (SSSR count). The summed E-state index contributed by atoms with van der Waals surface area (Å²) in [7, 11) is 0. The van der Waals surface area contributed by atoms with Crippen LogP contribution in [0.3, 0.4) is 0 Å². The monoisotopic (exact) mass is 320 g/mol. The molecular formula is C19H32N2O2. The Morgan fingerprint density at radius 3 is 2.00 bits per heavy atom. The van der Waals surface area contributed by atoms with Crippen molar-refractivity contribution in [2.24, 2.45) is 0 Å². The highest BCUT2D eigenvalue weighted by atomic mass is 16.5. The highest BCUT2D eigenvalue weighted by Gasteiger charge is 2.10. The van der Waals surface area contributed by atoms with Crippen molar-refractivity contribution in [3.8, 4) is 0 Å². The van der Waals surface area contributed by atoms with Crippen molar-refractivity contribution in [2.75, 3.05) is 17.7 Å². The van der Waals surface area contributed by atoms with Crippen LogP contribution in [0, 0.1) is 0 Å². The van der Waals surface area contributed by atoms with Crippen molar-refractivity contribution in [2.45, 2.75) is 72.1 Å². The zero-order valence-corrected chi connectivity index (χ0v) is 14.9. The number of amides is 1. The van der Waals surface area contributed by atoms with Gasteiger partial charge in [0.1, 0.15) is 0 Å². The van der Waals surface area contributed by atoms with E-state index in [-0.39, 0.29) is 6.09 Å². The molecule has 0 spiro atoms. The number of aryl methyl sites for hydroxylation is 2. The normalized spacial score (nSPS) is 10.6. The van der Waals surface area contributed by atoms with Crippen LogP contribution in [0.1, 0.15) is 70.4 Å². The van der Waals surface area contributed by atoms with Gasteiger partial charge in [0.15, 0.2) is 0 Å². The van der Waals surface area contributed by atoms with Gasteiger partial charge in [0.05, 0.1) is 6.61 Å². The first kappa shape index (κ1) is 19.3. The van der Waals surface area contributed by atoms with E-state index in [0.717, 1.165) is 73.9 Å². The maximum atomic E-state index is 11.9. The fourth-order valence-corrected chi connectivity index (χ4v) is 2.46. The Balaban J connectivity index is 2.85. The molecule has 0 unspecified atom stereocenters. The quantitative estimate of drug-likeness (QED) is 0.454. The standard InChI is InChI=1S/C19H32N2O2/c1-4-7-10-15-13-17(21-19(22)23-12-9-6-3)14-16(18(15)20)11-8-5-2/h13-14H,4-12,20H2,1-3H3,(H,21,22). The summed E-state index contributed by atoms with van der Waals surface area (Å²) in [6.45, 7) is 6.87. The van der Waals surface area contributed by atoms with Gasteiger partial charge in [0.2, 0.25) is 0 Å². The molecule has 0 atom stereocenters. The zero-order chi connectivity index (χ0) is 17.1. The molecule has 0 radical (unpaired) electrons. The van der Waals surface area contributed by atoms with Gasteiger partial charge in [-0.3, -0.25) is 5.32 Å². The van der Waals surface area contributed by atoms with E-state index in [1.165, 1.54) is 0 Å². The van der Waals surface area contributed by atoms with Crippen molar-refractivity contribution in [3.63, 3.8) is 0 Å². The molecule has 4 heteroatoms. The van der Waals surface area contributed by atoms with Gasteiger partial charge >= 0.3 is 6.09 Å². The molecule has 0 bridgehead atoms. The van der Waals surface area contributed by atoms with E-state index in [9.17, 15) is 4.79 Å². The van der Waals surface area contributed by atoms with Crippen LogP contribution in [-0.4, -0.2) is 12.7 Å². The molecule has 1 aromatic carbocycles. The summed E-state index contributed by atoms with van der Waals surface area (Å²) in [5.74, 6) is 0. The second-order valence-electron chi connectivity index (χ2n) is 6.03. The Morgan fingerprint density at radius 2 is 1.52 bits per heavy atom. The SMILES string of the molecule is CCCCOC(=O)Nc1cc(CCCC)c(N)c(CCCC)c1. The van der Waals surface area contributed by atoms with Gasteiger partial charge in [-0.05, 0) is 55.4 Å². The van der Waals surface area contributed by atoms with E-state index in [2.05, 4.69) is 26.1 Å². The van der Waals surface area contributed by atoms with Crippen LogP contribution in [0.2, 0.25) is 0 Å². The van der Waals surface area contributed by atoms with Crippen molar-refractivity contribution >= 4 is 17.5 Å². The maximum Gasteiger partial charge on any atom is 0.411 e. The predicted octanol–water partition coefficient (Wildman–Crippen LogP) is 5.30.